The van der Waals surface area contributed by atoms with Crippen LogP contribution in [0.5, 0.6) is 5.75 Å². The molecule has 6 nitrogen and oxygen atoms in total. The van der Waals surface area contributed by atoms with Gasteiger partial charge in [0.05, 0.1) is 30.0 Å². The van der Waals surface area contributed by atoms with E-state index in [-0.39, 0.29) is 36.3 Å². The van der Waals surface area contributed by atoms with Gasteiger partial charge in [0, 0.05) is 19.0 Å². The van der Waals surface area contributed by atoms with Crippen molar-refractivity contribution >= 4 is 5.78 Å². The minimum absolute atomic E-state index is 0.000710. The number of benzene rings is 1. The van der Waals surface area contributed by atoms with Crippen molar-refractivity contribution in [3.63, 3.8) is 0 Å². The van der Waals surface area contributed by atoms with Gasteiger partial charge in [0.1, 0.15) is 18.2 Å². The number of aryl methyl sites for hydroxylation is 1. The summed E-state index contributed by atoms with van der Waals surface area (Å²) in [6.45, 7) is 4.30. The van der Waals surface area contributed by atoms with Crippen LogP contribution in [0.1, 0.15) is 55.6 Å². The maximum Gasteiger partial charge on any atom is 0.422 e. The van der Waals surface area contributed by atoms with Crippen molar-refractivity contribution in [1.82, 2.24) is 20.0 Å². The number of ketones is 1. The third-order valence-electron chi connectivity index (χ3n) is 5.40. The quantitative estimate of drug-likeness (QED) is 0.363. The van der Waals surface area contributed by atoms with Crippen molar-refractivity contribution in [3.05, 3.63) is 71.3 Å². The number of hydrogen-bond acceptors (Lipinski definition) is 5. The molecule has 3 aromatic rings. The van der Waals surface area contributed by atoms with Gasteiger partial charge in [0.25, 0.3) is 0 Å². The Morgan fingerprint density at radius 2 is 1.77 bits per heavy atom. The highest BCUT2D eigenvalue weighted by molar-refractivity contribution is 5.82. The van der Waals surface area contributed by atoms with Gasteiger partial charge in [-0.05, 0) is 28.7 Å². The molecule has 3 rings (SSSR count). The Labute approximate surface area is 201 Å². The van der Waals surface area contributed by atoms with E-state index < -0.39 is 25.4 Å². The molecule has 0 aliphatic heterocycles. The summed E-state index contributed by atoms with van der Waals surface area (Å²) in [7, 11) is 0. The number of rotatable bonds is 10. The molecule has 0 N–H and O–H groups in total. The Kier molecular flexibility index (Phi) is 8.24. The maximum absolute atomic E-state index is 13.0. The molecule has 0 amide bonds. The molecule has 35 heavy (non-hydrogen) atoms. The van der Waals surface area contributed by atoms with E-state index in [1.807, 2.05) is 24.3 Å². The second kappa shape index (κ2) is 11.0. The number of Topliss-reactive ketones (excluding diaryl/α,β-unsaturated/α-hetero) is 1. The second-order valence-electron chi connectivity index (χ2n) is 9.34. The molecule has 10 heteroatoms. The normalized spacial score (nSPS) is 13.0. The average Bonchev–Trinajstić information content (AvgIpc) is 3.24. The number of aromatic nitrogens is 4. The van der Waals surface area contributed by atoms with Gasteiger partial charge in [-0.25, -0.2) is 9.07 Å². The van der Waals surface area contributed by atoms with Gasteiger partial charge in [-0.3, -0.25) is 9.78 Å². The molecule has 0 spiro atoms. The lowest BCUT2D eigenvalue weighted by atomic mass is 9.86. The predicted octanol–water partition coefficient (Wildman–Crippen LogP) is 5.22. The van der Waals surface area contributed by atoms with Crippen LogP contribution < -0.4 is 4.74 Å². The average molecular weight is 493 g/mol. The van der Waals surface area contributed by atoms with Gasteiger partial charge >= 0.3 is 6.18 Å². The van der Waals surface area contributed by atoms with Crippen LogP contribution in [0.25, 0.3) is 0 Å². The number of ether oxygens (including phenoxy) is 1. The van der Waals surface area contributed by atoms with Crippen LogP contribution in [0.4, 0.5) is 17.6 Å². The molecule has 0 bridgehead atoms. The summed E-state index contributed by atoms with van der Waals surface area (Å²) in [6, 6.07) is 10.7. The van der Waals surface area contributed by atoms with Gasteiger partial charge in [-0.2, -0.15) is 13.2 Å². The Morgan fingerprint density at radius 3 is 2.34 bits per heavy atom. The van der Waals surface area contributed by atoms with Crippen LogP contribution in [0.3, 0.4) is 0 Å². The van der Waals surface area contributed by atoms with Gasteiger partial charge < -0.3 is 4.74 Å². The summed E-state index contributed by atoms with van der Waals surface area (Å²) < 4.78 is 56.0. The molecule has 0 aliphatic carbocycles. The zero-order valence-corrected chi connectivity index (χ0v) is 19.8. The van der Waals surface area contributed by atoms with Crippen molar-refractivity contribution in [2.45, 2.75) is 57.7 Å². The third-order valence-corrected chi connectivity index (χ3v) is 5.40. The molecule has 2 heterocycles. The fourth-order valence-corrected chi connectivity index (χ4v) is 3.53. The van der Waals surface area contributed by atoms with E-state index in [0.717, 1.165) is 11.1 Å². The largest absolute Gasteiger partial charge is 0.483 e. The molecule has 1 atom stereocenters. The minimum Gasteiger partial charge on any atom is -0.483 e. The predicted molar refractivity (Wildman–Crippen MR) is 122 cm³/mol. The highest BCUT2D eigenvalue weighted by atomic mass is 19.4. The summed E-state index contributed by atoms with van der Waals surface area (Å²) >= 11 is 0. The van der Waals surface area contributed by atoms with Crippen LogP contribution >= 0.6 is 0 Å². The third kappa shape index (κ3) is 7.87. The first-order valence-electron chi connectivity index (χ1n) is 11.2. The van der Waals surface area contributed by atoms with Crippen molar-refractivity contribution in [2.75, 3.05) is 13.3 Å². The molecule has 0 saturated heterocycles. The topological polar surface area (TPSA) is 69.9 Å². The van der Waals surface area contributed by atoms with Crippen LogP contribution in [0.15, 0.2) is 48.8 Å². The van der Waals surface area contributed by atoms with Crippen molar-refractivity contribution in [1.29, 1.82) is 0 Å². The van der Waals surface area contributed by atoms with E-state index in [2.05, 4.69) is 36.1 Å². The summed E-state index contributed by atoms with van der Waals surface area (Å²) in [5, 5.41) is 7.96. The zero-order valence-electron chi connectivity index (χ0n) is 19.8. The SMILES string of the molecule is CC(C)(C)c1ccc(CC(=O)C[C@@H](c2ccc(OCC(F)(F)F)cn2)c2cn(CCF)nn2)cc1. The maximum atomic E-state index is 13.0. The fraction of sp³-hybridized carbons (Fsp3) is 0.440. The highest BCUT2D eigenvalue weighted by Crippen LogP contribution is 2.28. The molecule has 0 unspecified atom stereocenters. The summed E-state index contributed by atoms with van der Waals surface area (Å²) in [5.74, 6) is -0.713. The van der Waals surface area contributed by atoms with Gasteiger partial charge in [0.15, 0.2) is 6.61 Å². The molecule has 2 aromatic heterocycles. The first-order chi connectivity index (χ1) is 16.4. The summed E-state index contributed by atoms with van der Waals surface area (Å²) in [6.07, 6.45) is -1.49. The highest BCUT2D eigenvalue weighted by Gasteiger charge is 2.29. The molecule has 188 valence electrons. The van der Waals surface area contributed by atoms with E-state index in [1.165, 1.54) is 23.0 Å². The number of alkyl halides is 4. The van der Waals surface area contributed by atoms with Gasteiger partial charge in [-0.1, -0.05) is 50.3 Å². The van der Waals surface area contributed by atoms with Crippen LogP contribution in [-0.4, -0.2) is 45.2 Å². The number of pyridine rings is 1. The summed E-state index contributed by atoms with van der Waals surface area (Å²) in [5.41, 5.74) is 2.87. The first kappa shape index (κ1) is 26.3. The molecule has 0 radical (unpaired) electrons. The first-order valence-corrected chi connectivity index (χ1v) is 11.2. The molecule has 0 aliphatic rings. The Hall–Kier alpha value is -3.30. The van der Waals surface area contributed by atoms with Crippen LogP contribution in [0, 0.1) is 0 Å². The lowest BCUT2D eigenvalue weighted by molar-refractivity contribution is -0.153. The smallest absolute Gasteiger partial charge is 0.422 e. The Balaban J connectivity index is 1.77. The lowest BCUT2D eigenvalue weighted by Gasteiger charge is -2.19. The molecule has 0 saturated carbocycles. The van der Waals surface area contributed by atoms with Crippen molar-refractivity contribution in [2.24, 2.45) is 0 Å². The number of hydrogen-bond donors (Lipinski definition) is 0. The second-order valence-corrected chi connectivity index (χ2v) is 9.34. The number of carbonyl (C=O) groups is 1. The van der Waals surface area contributed by atoms with Crippen LogP contribution in [-0.2, 0) is 23.2 Å². The van der Waals surface area contributed by atoms with Crippen molar-refractivity contribution in [3.8, 4) is 5.75 Å². The number of halogens is 4. The molecular weight excluding hydrogens is 464 g/mol. The lowest BCUT2D eigenvalue weighted by Crippen LogP contribution is -2.19. The minimum atomic E-state index is -4.46. The van der Waals surface area contributed by atoms with Crippen molar-refractivity contribution < 1.29 is 27.1 Å². The number of carbonyl (C=O) groups excluding carboxylic acids is 1. The van der Waals surface area contributed by atoms with Gasteiger partial charge in [0.2, 0.25) is 0 Å². The van der Waals surface area contributed by atoms with E-state index >= 15 is 0 Å². The monoisotopic (exact) mass is 492 g/mol. The van der Waals surface area contributed by atoms with Gasteiger partial charge in [-0.15, -0.1) is 5.10 Å². The van der Waals surface area contributed by atoms with E-state index in [9.17, 15) is 22.4 Å². The van der Waals surface area contributed by atoms with E-state index in [1.54, 1.807) is 6.20 Å². The standard InChI is InChI=1S/C25H28F4N4O2/c1-24(2,3)18-6-4-17(5-7-18)12-19(34)13-21(23-15-33(11-10-26)32-31-23)22-9-8-20(14-30-22)35-16-25(27,28)29/h4-9,14-15,21H,10-13,16H2,1-3H3/t21-/m0/s1. The number of nitrogens with zero attached hydrogens (tertiary/aromatic N) is 4. The molecule has 1 aromatic carbocycles. The molecular formula is C25H28F4N4O2. The Bertz CT molecular complexity index is 1100. The van der Waals surface area contributed by atoms with Crippen LogP contribution in [0.2, 0.25) is 0 Å². The van der Waals surface area contributed by atoms with E-state index in [4.69, 9.17) is 4.74 Å². The molecule has 0 fully saturated rings. The fourth-order valence-electron chi connectivity index (χ4n) is 3.53. The summed E-state index contributed by atoms with van der Waals surface area (Å²) in [4.78, 5) is 17.2. The Morgan fingerprint density at radius 1 is 1.06 bits per heavy atom. The van der Waals surface area contributed by atoms with E-state index in [0.29, 0.717) is 11.4 Å². The zero-order chi connectivity index (χ0) is 25.6.